The van der Waals surface area contributed by atoms with Gasteiger partial charge in [-0.3, -0.25) is 0 Å². The topological polar surface area (TPSA) is 120 Å². The molecule has 0 unspecified atom stereocenters. The number of carbonyl (C=O) groups is 1. The molecule has 0 fully saturated rings. The fraction of sp³-hybridized carbons (Fsp3) is 0.158. The zero-order chi connectivity index (χ0) is 19.0. The van der Waals surface area contributed by atoms with Gasteiger partial charge in [0, 0.05) is 6.54 Å². The zero-order valence-corrected chi connectivity index (χ0v) is 14.6. The van der Waals surface area contributed by atoms with Crippen LogP contribution in [0.5, 0.6) is 0 Å². The Morgan fingerprint density at radius 2 is 1.96 bits per heavy atom. The van der Waals surface area contributed by atoms with Gasteiger partial charge in [-0.1, -0.05) is 12.1 Å². The van der Waals surface area contributed by atoms with Crippen LogP contribution in [0.4, 0.5) is 5.95 Å². The van der Waals surface area contributed by atoms with Crippen molar-refractivity contribution in [2.24, 2.45) is 0 Å². The first-order valence-corrected chi connectivity index (χ1v) is 8.39. The Kier molecular flexibility index (Phi) is 4.08. The summed E-state index contributed by atoms with van der Waals surface area (Å²) in [5.41, 5.74) is 8.41. The summed E-state index contributed by atoms with van der Waals surface area (Å²) in [5.74, 6) is 0.620. The first kappa shape index (κ1) is 16.8. The van der Waals surface area contributed by atoms with Crippen molar-refractivity contribution in [1.82, 2.24) is 19.7 Å². The van der Waals surface area contributed by atoms with E-state index in [-0.39, 0.29) is 11.5 Å². The summed E-state index contributed by atoms with van der Waals surface area (Å²) in [6.07, 6.45) is 2.38. The van der Waals surface area contributed by atoms with E-state index in [4.69, 9.17) is 15.3 Å². The molecule has 3 heterocycles. The number of fused-ring (bicyclic) bond motifs is 1. The highest BCUT2D eigenvalue weighted by Gasteiger charge is 2.16. The van der Waals surface area contributed by atoms with E-state index in [1.807, 2.05) is 19.1 Å². The van der Waals surface area contributed by atoms with E-state index in [2.05, 4.69) is 15.1 Å². The molecule has 8 heteroatoms. The number of carboxylic acids is 1. The third kappa shape index (κ3) is 3.24. The van der Waals surface area contributed by atoms with Gasteiger partial charge in [0.25, 0.3) is 0 Å². The van der Waals surface area contributed by atoms with Gasteiger partial charge in [0.05, 0.1) is 17.1 Å². The molecule has 136 valence electrons. The van der Waals surface area contributed by atoms with E-state index < -0.39 is 5.97 Å². The van der Waals surface area contributed by atoms with E-state index in [1.165, 1.54) is 0 Å². The molecule has 1 aromatic carbocycles. The third-order valence-electron chi connectivity index (χ3n) is 4.30. The van der Waals surface area contributed by atoms with Crippen molar-refractivity contribution in [1.29, 1.82) is 0 Å². The van der Waals surface area contributed by atoms with Crippen molar-refractivity contribution in [2.45, 2.75) is 19.9 Å². The van der Waals surface area contributed by atoms with Crippen molar-refractivity contribution in [3.8, 4) is 11.5 Å². The van der Waals surface area contributed by atoms with Gasteiger partial charge in [-0.15, -0.1) is 0 Å². The number of aromatic carboxylic acids is 1. The second-order valence-corrected chi connectivity index (χ2v) is 6.20. The summed E-state index contributed by atoms with van der Waals surface area (Å²) >= 11 is 0. The fourth-order valence-electron chi connectivity index (χ4n) is 2.93. The van der Waals surface area contributed by atoms with Crippen LogP contribution in [-0.2, 0) is 13.0 Å². The average molecular weight is 363 g/mol. The minimum Gasteiger partial charge on any atom is -0.478 e. The molecule has 4 rings (SSSR count). The van der Waals surface area contributed by atoms with E-state index in [0.29, 0.717) is 30.1 Å². The van der Waals surface area contributed by atoms with Crippen molar-refractivity contribution >= 4 is 23.0 Å². The normalized spacial score (nSPS) is 11.1. The lowest BCUT2D eigenvalue weighted by molar-refractivity contribution is 0.0697. The van der Waals surface area contributed by atoms with Gasteiger partial charge in [0.1, 0.15) is 11.5 Å². The van der Waals surface area contributed by atoms with E-state index >= 15 is 0 Å². The molecule has 0 saturated carbocycles. The Bertz CT molecular complexity index is 1130. The maximum Gasteiger partial charge on any atom is 0.335 e. The number of nitrogens with two attached hydrogens (primary N) is 1. The summed E-state index contributed by atoms with van der Waals surface area (Å²) in [5, 5.41) is 14.2. The van der Waals surface area contributed by atoms with Crippen molar-refractivity contribution in [3.05, 3.63) is 59.5 Å². The maximum atomic E-state index is 10.9. The summed E-state index contributed by atoms with van der Waals surface area (Å²) in [6, 6.07) is 10.5. The van der Waals surface area contributed by atoms with Gasteiger partial charge in [0.15, 0.2) is 11.4 Å². The number of hydrogen-bond donors (Lipinski definition) is 2. The monoisotopic (exact) mass is 363 g/mol. The Hall–Kier alpha value is -3.68. The van der Waals surface area contributed by atoms with Crippen molar-refractivity contribution < 1.29 is 14.3 Å². The Balaban J connectivity index is 1.63. The molecule has 0 aliphatic carbocycles. The van der Waals surface area contributed by atoms with Crippen LogP contribution in [0, 0.1) is 6.92 Å². The maximum absolute atomic E-state index is 10.9. The highest BCUT2D eigenvalue weighted by molar-refractivity contribution is 5.89. The van der Waals surface area contributed by atoms with Crippen LogP contribution in [0.15, 0.2) is 47.0 Å². The first-order valence-electron chi connectivity index (χ1n) is 8.39. The predicted octanol–water partition coefficient (Wildman–Crippen LogP) is 2.92. The SMILES string of the molecule is Cc1ccc(-c2nc(N)nc3c2cnn3CCc2ccc(C(=O)O)cc2)o1. The molecule has 4 aromatic rings. The molecule has 27 heavy (non-hydrogen) atoms. The van der Waals surface area contributed by atoms with Crippen LogP contribution >= 0.6 is 0 Å². The highest BCUT2D eigenvalue weighted by Crippen LogP contribution is 2.28. The molecule has 0 atom stereocenters. The van der Waals surface area contributed by atoms with Gasteiger partial charge in [0.2, 0.25) is 5.95 Å². The number of furan rings is 1. The molecule has 0 aliphatic rings. The smallest absolute Gasteiger partial charge is 0.335 e. The fourth-order valence-corrected chi connectivity index (χ4v) is 2.93. The van der Waals surface area contributed by atoms with Crippen LogP contribution in [0.3, 0.4) is 0 Å². The molecule has 0 radical (unpaired) electrons. The van der Waals surface area contributed by atoms with Crippen molar-refractivity contribution in [3.63, 3.8) is 0 Å². The van der Waals surface area contributed by atoms with Crippen LogP contribution in [0.25, 0.3) is 22.5 Å². The van der Waals surface area contributed by atoms with Crippen LogP contribution < -0.4 is 5.73 Å². The van der Waals surface area contributed by atoms with Crippen LogP contribution in [0.2, 0.25) is 0 Å². The summed E-state index contributed by atoms with van der Waals surface area (Å²) in [7, 11) is 0. The van der Waals surface area contributed by atoms with Gasteiger partial charge in [-0.2, -0.15) is 10.1 Å². The predicted molar refractivity (Wildman–Crippen MR) is 99.3 cm³/mol. The van der Waals surface area contributed by atoms with E-state index in [9.17, 15) is 4.79 Å². The molecular formula is C19H17N5O3. The molecular weight excluding hydrogens is 346 g/mol. The number of carboxylic acid groups (broad SMARTS) is 1. The molecule has 8 nitrogen and oxygen atoms in total. The minimum absolute atomic E-state index is 0.152. The second kappa shape index (κ2) is 6.56. The Morgan fingerprint density at radius 3 is 2.63 bits per heavy atom. The molecule has 3 aromatic heterocycles. The second-order valence-electron chi connectivity index (χ2n) is 6.20. The van der Waals surface area contributed by atoms with Gasteiger partial charge in [-0.25, -0.2) is 14.5 Å². The Morgan fingerprint density at radius 1 is 1.19 bits per heavy atom. The minimum atomic E-state index is -0.938. The molecule has 0 spiro atoms. The first-order chi connectivity index (χ1) is 13.0. The van der Waals surface area contributed by atoms with Gasteiger partial charge < -0.3 is 15.3 Å². The third-order valence-corrected chi connectivity index (χ3v) is 4.30. The van der Waals surface area contributed by atoms with E-state index in [1.54, 1.807) is 35.1 Å². The molecule has 0 bridgehead atoms. The number of nitrogen functional groups attached to an aromatic ring is 1. The molecule has 0 aliphatic heterocycles. The summed E-state index contributed by atoms with van der Waals surface area (Å²) < 4.78 is 7.43. The summed E-state index contributed by atoms with van der Waals surface area (Å²) in [4.78, 5) is 19.6. The van der Waals surface area contributed by atoms with E-state index in [0.717, 1.165) is 16.7 Å². The quantitative estimate of drug-likeness (QED) is 0.559. The lowest BCUT2D eigenvalue weighted by atomic mass is 10.1. The number of aryl methyl sites for hydroxylation is 3. The number of rotatable bonds is 5. The van der Waals surface area contributed by atoms with Crippen molar-refractivity contribution in [2.75, 3.05) is 5.73 Å². The Labute approximate surface area is 154 Å². The largest absolute Gasteiger partial charge is 0.478 e. The number of anilines is 1. The standard InChI is InChI=1S/C19H17N5O3/c1-11-2-7-15(27-11)16-14-10-21-24(17(14)23-19(20)22-16)9-8-12-3-5-13(6-4-12)18(25)26/h2-7,10H,8-9H2,1H3,(H,25,26)(H2,20,22,23). The molecule has 0 amide bonds. The van der Waals surface area contributed by atoms with Gasteiger partial charge >= 0.3 is 5.97 Å². The zero-order valence-electron chi connectivity index (χ0n) is 14.6. The molecule has 0 saturated heterocycles. The number of aromatic nitrogens is 4. The van der Waals surface area contributed by atoms with Gasteiger partial charge in [-0.05, 0) is 43.2 Å². The van der Waals surface area contributed by atoms with Crippen LogP contribution in [0.1, 0.15) is 21.7 Å². The number of benzene rings is 1. The number of nitrogens with zero attached hydrogens (tertiary/aromatic N) is 4. The lowest BCUT2D eigenvalue weighted by Gasteiger charge is -2.06. The lowest BCUT2D eigenvalue weighted by Crippen LogP contribution is -2.06. The van der Waals surface area contributed by atoms with Crippen LogP contribution in [-0.4, -0.2) is 30.8 Å². The highest BCUT2D eigenvalue weighted by atomic mass is 16.4. The average Bonchev–Trinajstić information content (AvgIpc) is 3.26. The molecule has 3 N–H and O–H groups in total. The number of hydrogen-bond acceptors (Lipinski definition) is 6. The summed E-state index contributed by atoms with van der Waals surface area (Å²) in [6.45, 7) is 2.44.